The van der Waals surface area contributed by atoms with E-state index in [0.29, 0.717) is 6.79 Å². The van der Waals surface area contributed by atoms with Gasteiger partial charge < -0.3 is 15.2 Å². The van der Waals surface area contributed by atoms with E-state index in [-0.39, 0.29) is 5.54 Å². The van der Waals surface area contributed by atoms with E-state index in [0.717, 1.165) is 30.8 Å². The van der Waals surface area contributed by atoms with Crippen molar-refractivity contribution in [2.24, 2.45) is 5.73 Å². The average Bonchev–Trinajstić information content (AvgIpc) is 2.72. The summed E-state index contributed by atoms with van der Waals surface area (Å²) in [5.41, 5.74) is 8.77. The molecule has 0 unspecified atom stereocenters. The van der Waals surface area contributed by atoms with Crippen molar-refractivity contribution in [3.8, 4) is 11.5 Å². The molecule has 2 N–H and O–H groups in total. The Morgan fingerprint density at radius 2 is 2.12 bits per heavy atom. The highest BCUT2D eigenvalue weighted by Crippen LogP contribution is 2.46. The molecule has 1 aliphatic heterocycles. The van der Waals surface area contributed by atoms with Crippen molar-refractivity contribution >= 4 is 0 Å². The van der Waals surface area contributed by atoms with E-state index in [4.69, 9.17) is 15.2 Å². The Morgan fingerprint density at radius 3 is 2.75 bits per heavy atom. The Hall–Kier alpha value is -1.22. The summed E-state index contributed by atoms with van der Waals surface area (Å²) in [4.78, 5) is 0. The van der Waals surface area contributed by atoms with Crippen LogP contribution in [0.25, 0.3) is 0 Å². The third kappa shape index (κ3) is 1.24. The van der Waals surface area contributed by atoms with Gasteiger partial charge in [-0.05, 0) is 37.3 Å². The van der Waals surface area contributed by atoms with Crippen LogP contribution in [0.5, 0.6) is 11.5 Å². The Bertz CT molecular complexity index is 424. The monoisotopic (exact) mass is 219 g/mol. The molecule has 1 aromatic rings. The first-order valence-electron chi connectivity index (χ1n) is 5.95. The van der Waals surface area contributed by atoms with E-state index in [1.807, 2.05) is 6.07 Å². The highest BCUT2D eigenvalue weighted by molar-refractivity contribution is 5.54. The highest BCUT2D eigenvalue weighted by atomic mass is 16.7. The molecule has 2 aliphatic rings. The van der Waals surface area contributed by atoms with Crippen LogP contribution >= 0.6 is 0 Å². The van der Waals surface area contributed by atoms with E-state index in [2.05, 4.69) is 13.0 Å². The fourth-order valence-electron chi connectivity index (χ4n) is 2.67. The minimum atomic E-state index is -0.119. The fourth-order valence-corrected chi connectivity index (χ4v) is 2.67. The molecule has 16 heavy (non-hydrogen) atoms. The zero-order valence-corrected chi connectivity index (χ0v) is 9.58. The minimum Gasteiger partial charge on any atom is -0.454 e. The van der Waals surface area contributed by atoms with Gasteiger partial charge in [0.25, 0.3) is 0 Å². The molecule has 86 valence electrons. The van der Waals surface area contributed by atoms with Crippen molar-refractivity contribution in [2.75, 3.05) is 6.79 Å². The summed E-state index contributed by atoms with van der Waals surface area (Å²) < 4.78 is 10.9. The van der Waals surface area contributed by atoms with Gasteiger partial charge >= 0.3 is 0 Å². The number of benzene rings is 1. The molecule has 1 fully saturated rings. The van der Waals surface area contributed by atoms with Crippen molar-refractivity contribution in [1.29, 1.82) is 0 Å². The fraction of sp³-hybridized carbons (Fsp3) is 0.538. The predicted molar refractivity (Wildman–Crippen MR) is 61.7 cm³/mol. The van der Waals surface area contributed by atoms with E-state index in [9.17, 15) is 0 Å². The van der Waals surface area contributed by atoms with Crippen LogP contribution in [0.3, 0.4) is 0 Å². The Balaban J connectivity index is 2.11. The molecule has 0 atom stereocenters. The topological polar surface area (TPSA) is 44.5 Å². The highest BCUT2D eigenvalue weighted by Gasteiger charge is 2.37. The number of hydrogen-bond donors (Lipinski definition) is 1. The van der Waals surface area contributed by atoms with Crippen LogP contribution < -0.4 is 15.2 Å². The average molecular weight is 219 g/mol. The largest absolute Gasteiger partial charge is 0.454 e. The van der Waals surface area contributed by atoms with Gasteiger partial charge in [0.05, 0.1) is 0 Å². The van der Waals surface area contributed by atoms with Gasteiger partial charge in [-0.3, -0.25) is 0 Å². The van der Waals surface area contributed by atoms with Crippen LogP contribution in [-0.2, 0) is 12.0 Å². The second-order valence-electron chi connectivity index (χ2n) is 4.69. The first-order chi connectivity index (χ1) is 7.74. The van der Waals surface area contributed by atoms with Gasteiger partial charge in [-0.15, -0.1) is 0 Å². The summed E-state index contributed by atoms with van der Waals surface area (Å²) in [6.45, 7) is 2.48. The second-order valence-corrected chi connectivity index (χ2v) is 4.69. The van der Waals surface area contributed by atoms with Gasteiger partial charge in [0.1, 0.15) is 0 Å². The van der Waals surface area contributed by atoms with Gasteiger partial charge in [-0.25, -0.2) is 0 Å². The van der Waals surface area contributed by atoms with Crippen LogP contribution in [0.2, 0.25) is 0 Å². The lowest BCUT2D eigenvalue weighted by molar-refractivity contribution is 0.173. The maximum Gasteiger partial charge on any atom is 0.231 e. The maximum absolute atomic E-state index is 6.40. The van der Waals surface area contributed by atoms with Crippen molar-refractivity contribution in [2.45, 2.75) is 38.1 Å². The maximum atomic E-state index is 6.40. The molecular weight excluding hydrogens is 202 g/mol. The van der Waals surface area contributed by atoms with Crippen LogP contribution in [0.4, 0.5) is 0 Å². The zero-order valence-electron chi connectivity index (χ0n) is 9.58. The van der Waals surface area contributed by atoms with Crippen LogP contribution in [-0.4, -0.2) is 6.79 Å². The van der Waals surface area contributed by atoms with Crippen LogP contribution in [0.15, 0.2) is 12.1 Å². The van der Waals surface area contributed by atoms with Crippen molar-refractivity contribution < 1.29 is 9.47 Å². The second kappa shape index (κ2) is 3.39. The summed E-state index contributed by atoms with van der Waals surface area (Å²) >= 11 is 0. The van der Waals surface area contributed by atoms with Gasteiger partial charge in [0.15, 0.2) is 11.5 Å². The lowest BCUT2D eigenvalue weighted by Gasteiger charge is -2.40. The standard InChI is InChI=1S/C13H17NO2/c1-2-9-10(13(14)6-3-7-13)4-5-11-12(9)16-8-15-11/h4-5H,2-3,6-8,14H2,1H3. The third-order valence-electron chi connectivity index (χ3n) is 3.78. The zero-order chi connectivity index (χ0) is 11.2. The lowest BCUT2D eigenvalue weighted by atomic mass is 9.71. The molecule has 0 aromatic heterocycles. The van der Waals surface area contributed by atoms with E-state index in [1.54, 1.807) is 0 Å². The Labute approximate surface area is 95.5 Å². The lowest BCUT2D eigenvalue weighted by Crippen LogP contribution is -2.44. The minimum absolute atomic E-state index is 0.119. The summed E-state index contributed by atoms with van der Waals surface area (Å²) in [6, 6.07) is 4.11. The number of ether oxygens (including phenoxy) is 2. The van der Waals surface area contributed by atoms with Crippen molar-refractivity contribution in [3.05, 3.63) is 23.3 Å². The molecule has 0 bridgehead atoms. The first kappa shape index (κ1) is 9.97. The summed E-state index contributed by atoms with van der Waals surface area (Å²) in [6.07, 6.45) is 4.34. The molecule has 1 aromatic carbocycles. The molecule has 0 spiro atoms. The van der Waals surface area contributed by atoms with E-state index < -0.39 is 0 Å². The molecule has 0 saturated heterocycles. The number of rotatable bonds is 2. The summed E-state index contributed by atoms with van der Waals surface area (Å²) in [5.74, 6) is 1.78. The predicted octanol–water partition coefficient (Wildman–Crippen LogP) is 2.32. The van der Waals surface area contributed by atoms with E-state index in [1.165, 1.54) is 17.5 Å². The van der Waals surface area contributed by atoms with Gasteiger partial charge in [-0.1, -0.05) is 13.0 Å². The van der Waals surface area contributed by atoms with E-state index >= 15 is 0 Å². The SMILES string of the molecule is CCc1c(C2(N)CCC2)ccc2c1OCO2. The summed E-state index contributed by atoms with van der Waals surface area (Å²) in [5, 5.41) is 0. The quantitative estimate of drug-likeness (QED) is 0.830. The molecular formula is C13H17NO2. The third-order valence-corrected chi connectivity index (χ3v) is 3.78. The van der Waals surface area contributed by atoms with Gasteiger partial charge in [-0.2, -0.15) is 0 Å². The molecule has 3 heteroatoms. The smallest absolute Gasteiger partial charge is 0.231 e. The van der Waals surface area contributed by atoms with Crippen LogP contribution in [0, 0.1) is 0 Å². The molecule has 1 saturated carbocycles. The van der Waals surface area contributed by atoms with Crippen molar-refractivity contribution in [1.82, 2.24) is 0 Å². The number of hydrogen-bond acceptors (Lipinski definition) is 3. The normalized spacial score (nSPS) is 20.6. The summed E-state index contributed by atoms with van der Waals surface area (Å²) in [7, 11) is 0. The first-order valence-corrected chi connectivity index (χ1v) is 5.95. The molecule has 0 radical (unpaired) electrons. The Kier molecular flexibility index (Phi) is 2.11. The van der Waals surface area contributed by atoms with Crippen LogP contribution in [0.1, 0.15) is 37.3 Å². The Morgan fingerprint density at radius 1 is 1.31 bits per heavy atom. The molecule has 3 rings (SSSR count). The number of fused-ring (bicyclic) bond motifs is 1. The molecule has 3 nitrogen and oxygen atoms in total. The van der Waals surface area contributed by atoms with Crippen molar-refractivity contribution in [3.63, 3.8) is 0 Å². The number of nitrogens with two attached hydrogens (primary N) is 1. The van der Waals surface area contributed by atoms with Gasteiger partial charge in [0, 0.05) is 11.1 Å². The molecule has 1 aliphatic carbocycles. The molecule has 1 heterocycles. The van der Waals surface area contributed by atoms with Gasteiger partial charge in [0.2, 0.25) is 6.79 Å². The molecule has 0 amide bonds.